The van der Waals surface area contributed by atoms with Crippen molar-refractivity contribution in [1.29, 1.82) is 0 Å². The molecule has 1 saturated heterocycles. The maximum absolute atomic E-state index is 12.9. The first kappa shape index (κ1) is 18.5. The minimum Gasteiger partial charge on any atom is -0.486 e. The molecule has 5 rings (SSSR count). The van der Waals surface area contributed by atoms with Crippen molar-refractivity contribution < 1.29 is 14.1 Å². The molecule has 1 amide bonds. The van der Waals surface area contributed by atoms with Gasteiger partial charge in [0.1, 0.15) is 30.0 Å². The zero-order valence-corrected chi connectivity index (χ0v) is 16.7. The molecule has 0 aliphatic carbocycles. The Morgan fingerprint density at radius 2 is 2.20 bits per heavy atom. The van der Waals surface area contributed by atoms with E-state index in [1.165, 1.54) is 6.33 Å². The molecule has 1 aliphatic rings. The Labute approximate surface area is 175 Å². The van der Waals surface area contributed by atoms with E-state index in [4.69, 9.17) is 9.26 Å². The molecule has 152 valence electrons. The lowest BCUT2D eigenvalue weighted by Gasteiger charge is -2.21. The standard InChI is InChI=1S/C20H18N6O3S/c27-20(25-8-1-2-18(25)19-22-7-9-30-19)17-10-16(29-24-17)11-28-15-5-3-14(4-6-15)26-13-21-12-23-26/h3-7,9-10,12-13,18H,1-2,8,11H2/t18-/m1/s1. The van der Waals surface area contributed by atoms with Gasteiger partial charge in [-0.15, -0.1) is 11.3 Å². The molecule has 1 aliphatic heterocycles. The van der Waals surface area contributed by atoms with Crippen molar-refractivity contribution in [2.45, 2.75) is 25.5 Å². The molecule has 1 fully saturated rings. The first-order chi connectivity index (χ1) is 14.8. The molecule has 0 spiro atoms. The fourth-order valence-corrected chi connectivity index (χ4v) is 4.27. The Bertz CT molecular complexity index is 1110. The summed E-state index contributed by atoms with van der Waals surface area (Å²) in [6, 6.07) is 9.09. The highest BCUT2D eigenvalue weighted by Gasteiger charge is 2.33. The maximum atomic E-state index is 12.9. The minimum absolute atomic E-state index is 0.0115. The number of thiazole rings is 1. The van der Waals surface area contributed by atoms with Gasteiger partial charge in [0.05, 0.1) is 11.7 Å². The van der Waals surface area contributed by atoms with Crippen molar-refractivity contribution >= 4 is 17.2 Å². The lowest BCUT2D eigenvalue weighted by molar-refractivity contribution is 0.0724. The number of ether oxygens (including phenoxy) is 1. The molecule has 0 saturated carbocycles. The van der Waals surface area contributed by atoms with Crippen molar-refractivity contribution in [3.8, 4) is 11.4 Å². The number of carbonyl (C=O) groups is 1. The van der Waals surface area contributed by atoms with E-state index in [1.54, 1.807) is 34.6 Å². The van der Waals surface area contributed by atoms with Crippen LogP contribution in [0.15, 0.2) is 59.1 Å². The van der Waals surface area contributed by atoms with Gasteiger partial charge in [-0.25, -0.2) is 14.6 Å². The molecule has 3 aromatic heterocycles. The van der Waals surface area contributed by atoms with E-state index < -0.39 is 0 Å². The average Bonchev–Trinajstić information content (AvgIpc) is 3.58. The Morgan fingerprint density at radius 1 is 1.30 bits per heavy atom. The summed E-state index contributed by atoms with van der Waals surface area (Å²) in [7, 11) is 0. The maximum Gasteiger partial charge on any atom is 0.276 e. The van der Waals surface area contributed by atoms with E-state index in [0.717, 1.165) is 23.5 Å². The quantitative estimate of drug-likeness (QED) is 0.470. The Hall–Kier alpha value is -3.53. The highest BCUT2D eigenvalue weighted by molar-refractivity contribution is 7.09. The summed E-state index contributed by atoms with van der Waals surface area (Å²) in [6.07, 6.45) is 6.74. The number of rotatable bonds is 6. The van der Waals surface area contributed by atoms with Gasteiger partial charge in [0, 0.05) is 24.2 Å². The average molecular weight is 422 g/mol. The molecule has 0 bridgehead atoms. The van der Waals surface area contributed by atoms with E-state index in [1.807, 2.05) is 34.5 Å². The first-order valence-electron chi connectivity index (χ1n) is 9.52. The monoisotopic (exact) mass is 422 g/mol. The number of hydrogen-bond donors (Lipinski definition) is 0. The van der Waals surface area contributed by atoms with Gasteiger partial charge in [0.2, 0.25) is 0 Å². The molecule has 1 atom stereocenters. The van der Waals surface area contributed by atoms with Crippen LogP contribution in [0.3, 0.4) is 0 Å². The van der Waals surface area contributed by atoms with Crippen LogP contribution in [-0.2, 0) is 6.61 Å². The topological polar surface area (TPSA) is 99.2 Å². The van der Waals surface area contributed by atoms with Crippen molar-refractivity contribution in [1.82, 2.24) is 29.8 Å². The fourth-order valence-electron chi connectivity index (χ4n) is 3.49. The zero-order chi connectivity index (χ0) is 20.3. The van der Waals surface area contributed by atoms with E-state index in [2.05, 4.69) is 20.2 Å². The molecule has 10 heteroatoms. The molecule has 0 unspecified atom stereocenters. The number of hydrogen-bond acceptors (Lipinski definition) is 8. The van der Waals surface area contributed by atoms with E-state index in [9.17, 15) is 4.79 Å². The normalized spacial score (nSPS) is 16.1. The Balaban J connectivity index is 1.22. The van der Waals surface area contributed by atoms with Crippen molar-refractivity contribution in [3.63, 3.8) is 0 Å². The van der Waals surface area contributed by atoms with Gasteiger partial charge >= 0.3 is 0 Å². The molecule has 4 aromatic rings. The summed E-state index contributed by atoms with van der Waals surface area (Å²) in [5.41, 5.74) is 1.17. The second-order valence-corrected chi connectivity index (χ2v) is 7.75. The van der Waals surface area contributed by atoms with E-state index in [-0.39, 0.29) is 18.6 Å². The fraction of sp³-hybridized carbons (Fsp3) is 0.250. The van der Waals surface area contributed by atoms with E-state index >= 15 is 0 Å². The Morgan fingerprint density at radius 3 is 2.97 bits per heavy atom. The number of carbonyl (C=O) groups excluding carboxylic acids is 1. The highest BCUT2D eigenvalue weighted by atomic mass is 32.1. The van der Waals surface area contributed by atoms with Gasteiger partial charge in [0.15, 0.2) is 11.5 Å². The molecule has 0 N–H and O–H groups in total. The number of amides is 1. The number of nitrogens with zero attached hydrogens (tertiary/aromatic N) is 6. The van der Waals surface area contributed by atoms with Gasteiger partial charge in [0.25, 0.3) is 5.91 Å². The van der Waals surface area contributed by atoms with Crippen molar-refractivity contribution in [2.75, 3.05) is 6.54 Å². The van der Waals surface area contributed by atoms with Crippen LogP contribution < -0.4 is 4.74 Å². The van der Waals surface area contributed by atoms with Crippen LogP contribution in [0.25, 0.3) is 5.69 Å². The third kappa shape index (κ3) is 3.69. The predicted octanol–water partition coefficient (Wildman–Crippen LogP) is 3.27. The van der Waals surface area contributed by atoms with Gasteiger partial charge < -0.3 is 14.2 Å². The predicted molar refractivity (Wildman–Crippen MR) is 107 cm³/mol. The smallest absolute Gasteiger partial charge is 0.276 e. The van der Waals surface area contributed by atoms with Crippen LogP contribution in [-0.4, -0.2) is 42.3 Å². The second-order valence-electron chi connectivity index (χ2n) is 6.83. The molecule has 4 heterocycles. The Kier molecular flexibility index (Phi) is 4.98. The van der Waals surface area contributed by atoms with Crippen LogP contribution in [0.4, 0.5) is 0 Å². The lowest BCUT2D eigenvalue weighted by atomic mass is 10.2. The molecular formula is C20H18N6O3S. The van der Waals surface area contributed by atoms with Crippen LogP contribution >= 0.6 is 11.3 Å². The van der Waals surface area contributed by atoms with Crippen molar-refractivity contribution in [3.05, 3.63) is 71.0 Å². The number of likely N-dealkylation sites (tertiary alicyclic amines) is 1. The summed E-state index contributed by atoms with van der Waals surface area (Å²) in [5.74, 6) is 1.02. The molecular weight excluding hydrogens is 404 g/mol. The highest BCUT2D eigenvalue weighted by Crippen LogP contribution is 2.34. The van der Waals surface area contributed by atoms with Gasteiger partial charge in [-0.05, 0) is 37.1 Å². The molecule has 30 heavy (non-hydrogen) atoms. The molecule has 1 aromatic carbocycles. The zero-order valence-electron chi connectivity index (χ0n) is 15.9. The van der Waals surface area contributed by atoms with Crippen molar-refractivity contribution in [2.24, 2.45) is 0 Å². The number of aromatic nitrogens is 5. The van der Waals surface area contributed by atoms with Gasteiger partial charge in [-0.1, -0.05) is 5.16 Å². The number of benzene rings is 1. The lowest BCUT2D eigenvalue weighted by Crippen LogP contribution is -2.30. The van der Waals surface area contributed by atoms with Crippen LogP contribution in [0, 0.1) is 0 Å². The third-order valence-electron chi connectivity index (χ3n) is 4.93. The first-order valence-corrected chi connectivity index (χ1v) is 10.4. The molecule has 0 radical (unpaired) electrons. The minimum atomic E-state index is -0.139. The summed E-state index contributed by atoms with van der Waals surface area (Å²) in [4.78, 5) is 23.0. The largest absolute Gasteiger partial charge is 0.486 e. The van der Waals surface area contributed by atoms with Crippen LogP contribution in [0.5, 0.6) is 5.75 Å². The summed E-state index contributed by atoms with van der Waals surface area (Å²) >= 11 is 1.57. The second kappa shape index (κ2) is 8.07. The molecule has 9 nitrogen and oxygen atoms in total. The summed E-state index contributed by atoms with van der Waals surface area (Å²) in [5, 5.41) is 10.9. The SMILES string of the molecule is O=C(c1cc(COc2ccc(-n3cncn3)cc2)on1)N1CCC[C@@H]1c1nccs1. The summed E-state index contributed by atoms with van der Waals surface area (Å²) in [6.45, 7) is 0.874. The third-order valence-corrected chi connectivity index (χ3v) is 5.81. The van der Waals surface area contributed by atoms with E-state index in [0.29, 0.717) is 23.7 Å². The van der Waals surface area contributed by atoms with Gasteiger partial charge in [-0.3, -0.25) is 4.79 Å². The van der Waals surface area contributed by atoms with Gasteiger partial charge in [-0.2, -0.15) is 5.10 Å². The summed E-state index contributed by atoms with van der Waals surface area (Å²) < 4.78 is 12.7. The van der Waals surface area contributed by atoms with Crippen LogP contribution in [0.1, 0.15) is 40.1 Å². The van der Waals surface area contributed by atoms with Crippen LogP contribution in [0.2, 0.25) is 0 Å².